The molecule has 130 valence electrons. The summed E-state index contributed by atoms with van der Waals surface area (Å²) in [6.07, 6.45) is 6.87. The van der Waals surface area contributed by atoms with Crippen LogP contribution in [-0.2, 0) is 14.3 Å². The number of anilines is 1. The fourth-order valence-electron chi connectivity index (χ4n) is 4.30. The van der Waals surface area contributed by atoms with Crippen molar-refractivity contribution in [3.05, 3.63) is 42.0 Å². The number of carbonyl (C=O) groups is 3. The number of rotatable bonds is 5. The summed E-state index contributed by atoms with van der Waals surface area (Å²) in [6.45, 7) is 2.43. The zero-order valence-electron chi connectivity index (χ0n) is 14.2. The second-order valence-electron chi connectivity index (χ2n) is 7.05. The molecule has 25 heavy (non-hydrogen) atoms. The van der Waals surface area contributed by atoms with Gasteiger partial charge in [-0.05, 0) is 48.9 Å². The molecule has 0 aromatic heterocycles. The van der Waals surface area contributed by atoms with Crippen LogP contribution in [0.3, 0.4) is 0 Å². The molecule has 1 aromatic carbocycles. The SMILES string of the molecule is CCCCOC(=O)c1ccc(N2C(=O)C3C4C=CC(C4)C3C2=O)cc1. The van der Waals surface area contributed by atoms with Crippen molar-refractivity contribution in [1.82, 2.24) is 0 Å². The van der Waals surface area contributed by atoms with Gasteiger partial charge < -0.3 is 4.74 Å². The summed E-state index contributed by atoms with van der Waals surface area (Å²) in [6, 6.07) is 6.54. The van der Waals surface area contributed by atoms with Gasteiger partial charge in [-0.2, -0.15) is 0 Å². The van der Waals surface area contributed by atoms with Gasteiger partial charge >= 0.3 is 5.97 Å². The van der Waals surface area contributed by atoms with E-state index in [1.54, 1.807) is 24.3 Å². The van der Waals surface area contributed by atoms with E-state index in [-0.39, 0.29) is 41.5 Å². The Kier molecular flexibility index (Phi) is 3.94. The van der Waals surface area contributed by atoms with E-state index in [0.717, 1.165) is 19.3 Å². The molecule has 1 heterocycles. The molecule has 3 aliphatic rings. The molecule has 5 nitrogen and oxygen atoms in total. The molecule has 4 unspecified atom stereocenters. The van der Waals surface area contributed by atoms with Crippen molar-refractivity contribution in [2.24, 2.45) is 23.7 Å². The first-order valence-corrected chi connectivity index (χ1v) is 8.95. The zero-order valence-corrected chi connectivity index (χ0v) is 14.2. The Morgan fingerprint density at radius 3 is 2.24 bits per heavy atom. The molecule has 2 amide bonds. The number of carbonyl (C=O) groups excluding carboxylic acids is 3. The predicted octanol–water partition coefficient (Wildman–Crippen LogP) is 2.96. The molecule has 4 atom stereocenters. The molecular weight excluding hydrogens is 318 g/mol. The van der Waals surface area contributed by atoms with E-state index in [1.807, 2.05) is 6.92 Å². The molecule has 2 aliphatic carbocycles. The van der Waals surface area contributed by atoms with Crippen LogP contribution >= 0.6 is 0 Å². The van der Waals surface area contributed by atoms with Crippen molar-refractivity contribution >= 4 is 23.5 Å². The van der Waals surface area contributed by atoms with Crippen LogP contribution in [0.15, 0.2) is 36.4 Å². The Morgan fingerprint density at radius 1 is 1.08 bits per heavy atom. The highest BCUT2D eigenvalue weighted by atomic mass is 16.5. The van der Waals surface area contributed by atoms with E-state index in [0.29, 0.717) is 17.9 Å². The average molecular weight is 339 g/mol. The average Bonchev–Trinajstić information content (AvgIpc) is 3.29. The number of benzene rings is 1. The highest BCUT2D eigenvalue weighted by molar-refractivity contribution is 6.22. The molecule has 1 aromatic rings. The van der Waals surface area contributed by atoms with Crippen LogP contribution < -0.4 is 4.90 Å². The summed E-state index contributed by atoms with van der Waals surface area (Å²) in [5, 5.41) is 0. The Bertz CT molecular complexity index is 721. The number of hydrogen-bond donors (Lipinski definition) is 0. The lowest BCUT2D eigenvalue weighted by Gasteiger charge is -2.17. The van der Waals surface area contributed by atoms with Crippen LogP contribution in [0.5, 0.6) is 0 Å². The third-order valence-corrected chi connectivity index (χ3v) is 5.56. The second kappa shape index (κ2) is 6.14. The number of hydrogen-bond acceptors (Lipinski definition) is 4. The molecule has 1 saturated carbocycles. The first-order valence-electron chi connectivity index (χ1n) is 8.95. The van der Waals surface area contributed by atoms with Crippen LogP contribution in [0.4, 0.5) is 5.69 Å². The fourth-order valence-corrected chi connectivity index (χ4v) is 4.30. The number of ether oxygens (including phenoxy) is 1. The third kappa shape index (κ3) is 2.49. The van der Waals surface area contributed by atoms with E-state index in [4.69, 9.17) is 4.74 Å². The number of nitrogens with zero attached hydrogens (tertiary/aromatic N) is 1. The van der Waals surface area contributed by atoms with E-state index in [1.165, 1.54) is 4.90 Å². The smallest absolute Gasteiger partial charge is 0.338 e. The van der Waals surface area contributed by atoms with Crippen LogP contribution in [-0.4, -0.2) is 24.4 Å². The van der Waals surface area contributed by atoms with Crippen molar-refractivity contribution in [3.63, 3.8) is 0 Å². The summed E-state index contributed by atoms with van der Waals surface area (Å²) < 4.78 is 5.18. The van der Waals surface area contributed by atoms with E-state index in [9.17, 15) is 14.4 Å². The van der Waals surface area contributed by atoms with Crippen molar-refractivity contribution in [2.75, 3.05) is 11.5 Å². The van der Waals surface area contributed by atoms with Gasteiger partial charge in [0.05, 0.1) is 29.7 Å². The van der Waals surface area contributed by atoms with Crippen molar-refractivity contribution < 1.29 is 19.1 Å². The highest BCUT2D eigenvalue weighted by Gasteiger charge is 2.59. The molecule has 2 fully saturated rings. The lowest BCUT2D eigenvalue weighted by atomic mass is 9.85. The molecule has 0 radical (unpaired) electrons. The molecule has 1 aliphatic heterocycles. The van der Waals surface area contributed by atoms with Crippen molar-refractivity contribution in [1.29, 1.82) is 0 Å². The molecule has 2 bridgehead atoms. The largest absolute Gasteiger partial charge is 0.462 e. The maximum atomic E-state index is 12.8. The summed E-state index contributed by atoms with van der Waals surface area (Å²) in [4.78, 5) is 38.8. The summed E-state index contributed by atoms with van der Waals surface area (Å²) in [7, 11) is 0. The number of imide groups is 1. The number of unbranched alkanes of at least 4 members (excludes halogenated alkanes) is 1. The lowest BCUT2D eigenvalue weighted by molar-refractivity contribution is -0.123. The number of fused-ring (bicyclic) bond motifs is 5. The topological polar surface area (TPSA) is 63.7 Å². The van der Waals surface area contributed by atoms with E-state index >= 15 is 0 Å². The van der Waals surface area contributed by atoms with Crippen LogP contribution in [0.1, 0.15) is 36.5 Å². The van der Waals surface area contributed by atoms with Crippen LogP contribution in [0, 0.1) is 23.7 Å². The maximum Gasteiger partial charge on any atom is 0.338 e. The minimum Gasteiger partial charge on any atom is -0.462 e. The normalized spacial score (nSPS) is 29.4. The molecule has 4 rings (SSSR count). The number of allylic oxidation sites excluding steroid dienone is 2. The maximum absolute atomic E-state index is 12.8. The highest BCUT2D eigenvalue weighted by Crippen LogP contribution is 2.53. The zero-order chi connectivity index (χ0) is 17.6. The van der Waals surface area contributed by atoms with E-state index < -0.39 is 0 Å². The van der Waals surface area contributed by atoms with Gasteiger partial charge in [-0.15, -0.1) is 0 Å². The van der Waals surface area contributed by atoms with Gasteiger partial charge in [0.15, 0.2) is 0 Å². The molecule has 1 saturated heterocycles. The predicted molar refractivity (Wildman–Crippen MR) is 91.8 cm³/mol. The van der Waals surface area contributed by atoms with Gasteiger partial charge in [-0.3, -0.25) is 14.5 Å². The quantitative estimate of drug-likeness (QED) is 0.358. The molecular formula is C20H21NO4. The van der Waals surface area contributed by atoms with Crippen molar-refractivity contribution in [2.45, 2.75) is 26.2 Å². The second-order valence-corrected chi connectivity index (χ2v) is 7.05. The minimum absolute atomic E-state index is 0.106. The Labute approximate surface area is 146 Å². The Balaban J connectivity index is 1.50. The Morgan fingerprint density at radius 2 is 1.68 bits per heavy atom. The number of amides is 2. The van der Waals surface area contributed by atoms with Crippen LogP contribution in [0.2, 0.25) is 0 Å². The third-order valence-electron chi connectivity index (χ3n) is 5.56. The molecule has 0 N–H and O–H groups in total. The van der Waals surface area contributed by atoms with Crippen molar-refractivity contribution in [3.8, 4) is 0 Å². The van der Waals surface area contributed by atoms with Gasteiger partial charge in [-0.1, -0.05) is 25.5 Å². The molecule has 0 spiro atoms. The first-order chi connectivity index (χ1) is 12.1. The molecule has 5 heteroatoms. The first kappa shape index (κ1) is 16.1. The lowest BCUT2D eigenvalue weighted by Crippen LogP contribution is -2.32. The van der Waals surface area contributed by atoms with Gasteiger partial charge in [0.25, 0.3) is 0 Å². The van der Waals surface area contributed by atoms with E-state index in [2.05, 4.69) is 12.2 Å². The van der Waals surface area contributed by atoms with Gasteiger partial charge in [0, 0.05) is 0 Å². The monoisotopic (exact) mass is 339 g/mol. The summed E-state index contributed by atoms with van der Waals surface area (Å²) >= 11 is 0. The standard InChI is InChI=1S/C20H21NO4/c1-2-3-10-25-20(24)12-6-8-15(9-7-12)21-18(22)16-13-4-5-14(11-13)17(16)19(21)23/h4-9,13-14,16-17H,2-3,10-11H2,1H3. The van der Waals surface area contributed by atoms with Gasteiger partial charge in [0.2, 0.25) is 11.8 Å². The van der Waals surface area contributed by atoms with Gasteiger partial charge in [-0.25, -0.2) is 4.79 Å². The number of esters is 1. The fraction of sp³-hybridized carbons (Fsp3) is 0.450. The minimum atomic E-state index is -0.377. The van der Waals surface area contributed by atoms with Crippen LogP contribution in [0.25, 0.3) is 0 Å². The summed E-state index contributed by atoms with van der Waals surface area (Å²) in [5.41, 5.74) is 0.967. The van der Waals surface area contributed by atoms with Gasteiger partial charge in [0.1, 0.15) is 0 Å². The summed E-state index contributed by atoms with van der Waals surface area (Å²) in [5.74, 6) is -0.607. The Hall–Kier alpha value is -2.43.